The lowest BCUT2D eigenvalue weighted by atomic mass is 9.77. The minimum Gasteiger partial charge on any atom is -0.261 e. The highest BCUT2D eigenvalue weighted by Crippen LogP contribution is 2.43. The molecule has 2 heterocycles. The maximum Gasteiger partial charge on any atom is 0.164 e. The molecule has 0 amide bonds. The molecule has 0 N–H and O–H groups in total. The van der Waals surface area contributed by atoms with E-state index in [4.69, 9.17) is 19.9 Å². The topological polar surface area (TPSA) is 51.0 Å². The summed E-state index contributed by atoms with van der Waals surface area (Å²) in [6, 6.07) is 47.2. The standard InChI is InChI=1S/C46H36N4/c1-3-13-31(14-4-1)44-48-45(32-15-5-2-6-16-32)50-46(49-44)36-20-10-19-35(30-36)39-27-26-38(40-21-7-8-22-41(39)40)34-18-9-17-33(29-34)37-23-11-25-43-42(37)24-12-28-47-43/h1-10,13-22,25-26,28-30,39H,11-12,23-24,27H2. The van der Waals surface area contributed by atoms with Gasteiger partial charge in [0.15, 0.2) is 17.5 Å². The fourth-order valence-electron chi connectivity index (χ4n) is 7.70. The van der Waals surface area contributed by atoms with E-state index in [2.05, 4.69) is 91.2 Å². The van der Waals surface area contributed by atoms with Crippen molar-refractivity contribution in [3.05, 3.63) is 185 Å². The van der Waals surface area contributed by atoms with Crippen molar-refractivity contribution < 1.29 is 0 Å². The Kier molecular flexibility index (Phi) is 7.90. The number of fused-ring (bicyclic) bond motifs is 2. The van der Waals surface area contributed by atoms with Gasteiger partial charge in [-0.05, 0) is 88.8 Å². The summed E-state index contributed by atoms with van der Waals surface area (Å²) in [5.74, 6) is 2.24. The number of benzene rings is 5. The van der Waals surface area contributed by atoms with Gasteiger partial charge in [-0.2, -0.15) is 0 Å². The molecule has 9 rings (SSSR count). The van der Waals surface area contributed by atoms with Crippen LogP contribution >= 0.6 is 0 Å². The van der Waals surface area contributed by atoms with E-state index >= 15 is 0 Å². The van der Waals surface area contributed by atoms with E-state index in [0.717, 1.165) is 48.8 Å². The maximum absolute atomic E-state index is 5.00. The number of rotatable bonds is 6. The van der Waals surface area contributed by atoms with Crippen LogP contribution in [-0.4, -0.2) is 21.2 Å². The zero-order valence-electron chi connectivity index (χ0n) is 27.8. The molecule has 50 heavy (non-hydrogen) atoms. The minimum absolute atomic E-state index is 0.221. The average molecular weight is 645 g/mol. The largest absolute Gasteiger partial charge is 0.261 e. The first-order valence-electron chi connectivity index (χ1n) is 17.6. The smallest absolute Gasteiger partial charge is 0.164 e. The fraction of sp³-hybridized carbons (Fsp3) is 0.130. The zero-order valence-corrected chi connectivity index (χ0v) is 27.8. The quantitative estimate of drug-likeness (QED) is 0.181. The van der Waals surface area contributed by atoms with Crippen LogP contribution in [0.2, 0.25) is 0 Å². The summed E-state index contributed by atoms with van der Waals surface area (Å²) in [4.78, 5) is 19.6. The number of aromatic nitrogens is 3. The number of nitrogens with zero attached hydrogens (tertiary/aromatic N) is 4. The van der Waals surface area contributed by atoms with Crippen LogP contribution < -0.4 is 0 Å². The molecule has 0 radical (unpaired) electrons. The third kappa shape index (κ3) is 5.73. The Labute approximate surface area is 293 Å². The first kappa shape index (κ1) is 30.1. The van der Waals surface area contributed by atoms with Gasteiger partial charge in [0.2, 0.25) is 0 Å². The minimum atomic E-state index is 0.221. The molecular formula is C46H36N4. The van der Waals surface area contributed by atoms with Crippen LogP contribution in [-0.2, 0) is 0 Å². The van der Waals surface area contributed by atoms with Crippen molar-refractivity contribution in [2.45, 2.75) is 38.0 Å². The van der Waals surface area contributed by atoms with E-state index < -0.39 is 0 Å². The lowest BCUT2D eigenvalue weighted by Gasteiger charge is -2.27. The van der Waals surface area contributed by atoms with Gasteiger partial charge in [0.25, 0.3) is 0 Å². The summed E-state index contributed by atoms with van der Waals surface area (Å²) >= 11 is 0. The number of hydrogen-bond acceptors (Lipinski definition) is 4. The van der Waals surface area contributed by atoms with Gasteiger partial charge in [-0.15, -0.1) is 0 Å². The molecule has 6 aromatic rings. The maximum atomic E-state index is 5.00. The first-order chi connectivity index (χ1) is 24.8. The van der Waals surface area contributed by atoms with E-state index in [0.29, 0.717) is 17.5 Å². The van der Waals surface area contributed by atoms with Crippen LogP contribution in [0, 0.1) is 0 Å². The van der Waals surface area contributed by atoms with Crippen molar-refractivity contribution in [2.75, 3.05) is 0 Å². The van der Waals surface area contributed by atoms with Gasteiger partial charge in [-0.1, -0.05) is 133 Å². The summed E-state index contributed by atoms with van der Waals surface area (Å²) in [5, 5.41) is 0. The Morgan fingerprint density at radius 2 is 1.10 bits per heavy atom. The van der Waals surface area contributed by atoms with Gasteiger partial charge >= 0.3 is 0 Å². The van der Waals surface area contributed by atoms with Gasteiger partial charge in [-0.25, -0.2) is 15.0 Å². The Morgan fingerprint density at radius 1 is 0.480 bits per heavy atom. The Bertz CT molecular complexity index is 2290. The van der Waals surface area contributed by atoms with E-state index in [1.54, 1.807) is 0 Å². The van der Waals surface area contributed by atoms with Gasteiger partial charge in [-0.3, -0.25) is 4.99 Å². The summed E-state index contributed by atoms with van der Waals surface area (Å²) < 4.78 is 0. The normalized spacial score (nSPS) is 16.7. The molecule has 2 aliphatic carbocycles. The Morgan fingerprint density at radius 3 is 1.88 bits per heavy atom. The molecule has 4 nitrogen and oxygen atoms in total. The monoisotopic (exact) mass is 644 g/mol. The lowest BCUT2D eigenvalue weighted by Crippen LogP contribution is -2.10. The molecule has 1 unspecified atom stereocenters. The predicted octanol–water partition coefficient (Wildman–Crippen LogP) is 11.1. The van der Waals surface area contributed by atoms with Crippen molar-refractivity contribution in [3.63, 3.8) is 0 Å². The third-order valence-corrected chi connectivity index (χ3v) is 10.1. The van der Waals surface area contributed by atoms with Crippen LogP contribution in [0.4, 0.5) is 0 Å². The number of aliphatic imine (C=N–C) groups is 1. The van der Waals surface area contributed by atoms with E-state index in [9.17, 15) is 0 Å². The van der Waals surface area contributed by atoms with E-state index in [1.807, 2.05) is 60.7 Å². The van der Waals surface area contributed by atoms with Crippen molar-refractivity contribution in [1.82, 2.24) is 15.0 Å². The number of hydrogen-bond donors (Lipinski definition) is 0. The molecular weight excluding hydrogens is 609 g/mol. The molecule has 240 valence electrons. The van der Waals surface area contributed by atoms with Crippen molar-refractivity contribution >= 4 is 17.4 Å². The number of allylic oxidation sites excluding steroid dienone is 4. The van der Waals surface area contributed by atoms with Crippen LogP contribution in [0.15, 0.2) is 162 Å². The second-order valence-electron chi connectivity index (χ2n) is 13.2. The zero-order chi connectivity index (χ0) is 33.3. The second kappa shape index (κ2) is 13.1. The molecule has 3 aliphatic rings. The SMILES string of the molecule is C1=NC2=CCCC(c3cccc(C4=CCC(c5cccc(-c6nc(-c7ccccc7)nc(-c7ccccc7)n6)c5)c5ccccc54)c3)=C2CC1. The highest BCUT2D eigenvalue weighted by molar-refractivity contribution is 5.86. The molecule has 0 fully saturated rings. The summed E-state index contributed by atoms with van der Waals surface area (Å²) in [5.41, 5.74) is 14.8. The molecule has 0 spiro atoms. The average Bonchev–Trinajstić information content (AvgIpc) is 3.21. The van der Waals surface area contributed by atoms with Crippen LogP contribution in [0.1, 0.15) is 65.8 Å². The van der Waals surface area contributed by atoms with E-state index in [1.165, 1.54) is 50.2 Å². The molecule has 1 aromatic heterocycles. The van der Waals surface area contributed by atoms with Crippen molar-refractivity contribution in [2.24, 2.45) is 4.99 Å². The molecule has 1 atom stereocenters. The summed E-state index contributed by atoms with van der Waals surface area (Å²) in [7, 11) is 0. The third-order valence-electron chi connectivity index (χ3n) is 10.1. The fourth-order valence-corrected chi connectivity index (χ4v) is 7.70. The van der Waals surface area contributed by atoms with Crippen molar-refractivity contribution in [1.29, 1.82) is 0 Å². The van der Waals surface area contributed by atoms with E-state index in [-0.39, 0.29) is 5.92 Å². The molecule has 0 saturated carbocycles. The highest BCUT2D eigenvalue weighted by atomic mass is 15.0. The molecule has 5 aromatic carbocycles. The summed E-state index contributed by atoms with van der Waals surface area (Å²) in [6.07, 6.45) is 12.0. The highest BCUT2D eigenvalue weighted by Gasteiger charge is 2.25. The van der Waals surface area contributed by atoms with Crippen LogP contribution in [0.3, 0.4) is 0 Å². The Hall–Kier alpha value is -6.00. The molecule has 1 aliphatic heterocycles. The summed E-state index contributed by atoms with van der Waals surface area (Å²) in [6.45, 7) is 0. The predicted molar refractivity (Wildman–Crippen MR) is 205 cm³/mol. The van der Waals surface area contributed by atoms with Gasteiger partial charge in [0.1, 0.15) is 0 Å². The second-order valence-corrected chi connectivity index (χ2v) is 13.2. The lowest BCUT2D eigenvalue weighted by molar-refractivity contribution is 0.815. The first-order valence-corrected chi connectivity index (χ1v) is 17.6. The van der Waals surface area contributed by atoms with Gasteiger partial charge < -0.3 is 0 Å². The molecule has 4 heteroatoms. The van der Waals surface area contributed by atoms with Gasteiger partial charge in [0.05, 0.1) is 5.70 Å². The van der Waals surface area contributed by atoms with Crippen LogP contribution in [0.5, 0.6) is 0 Å². The Balaban J connectivity index is 1.08. The molecule has 0 saturated heterocycles. The molecule has 0 bridgehead atoms. The van der Waals surface area contributed by atoms with Crippen molar-refractivity contribution in [3.8, 4) is 34.2 Å². The van der Waals surface area contributed by atoms with Gasteiger partial charge in [0, 0.05) is 28.8 Å². The van der Waals surface area contributed by atoms with Crippen LogP contribution in [0.25, 0.3) is 45.3 Å².